The summed E-state index contributed by atoms with van der Waals surface area (Å²) in [5.74, 6) is -0.551. The predicted molar refractivity (Wildman–Crippen MR) is 99.7 cm³/mol. The second-order valence-corrected chi connectivity index (χ2v) is 6.80. The molecule has 132 valence electrons. The number of benzene rings is 2. The fraction of sp³-hybridized carbons (Fsp3) is 0.350. The standard InChI is InChI=1S/C20H22ClFN2O/c1-2-18(15-11-10-13-6-3-4-7-14(13)12-15)23-20(25)24-19-16(21)8-5-9-17(19)22/h5,8-12,18H,2-4,6-7H2,1H3,(H2,23,24,25). The summed E-state index contributed by atoms with van der Waals surface area (Å²) in [7, 11) is 0. The van der Waals surface area contributed by atoms with E-state index in [4.69, 9.17) is 11.6 Å². The van der Waals surface area contributed by atoms with Crippen molar-refractivity contribution in [1.29, 1.82) is 0 Å². The van der Waals surface area contributed by atoms with Crippen LogP contribution >= 0.6 is 11.6 Å². The van der Waals surface area contributed by atoms with Gasteiger partial charge in [-0.3, -0.25) is 0 Å². The summed E-state index contributed by atoms with van der Waals surface area (Å²) >= 11 is 5.96. The van der Waals surface area contributed by atoms with Crippen LogP contribution in [-0.4, -0.2) is 6.03 Å². The van der Waals surface area contributed by atoms with Crippen LogP contribution in [0.5, 0.6) is 0 Å². The van der Waals surface area contributed by atoms with Crippen molar-refractivity contribution in [2.24, 2.45) is 0 Å². The Morgan fingerprint density at radius 2 is 1.96 bits per heavy atom. The van der Waals surface area contributed by atoms with Crippen LogP contribution < -0.4 is 10.6 Å². The van der Waals surface area contributed by atoms with E-state index < -0.39 is 11.8 Å². The van der Waals surface area contributed by atoms with Crippen molar-refractivity contribution in [3.05, 3.63) is 63.9 Å². The van der Waals surface area contributed by atoms with Gasteiger partial charge in [-0.05, 0) is 60.9 Å². The molecule has 0 saturated carbocycles. The smallest absolute Gasteiger partial charge is 0.319 e. The largest absolute Gasteiger partial charge is 0.331 e. The molecule has 0 radical (unpaired) electrons. The van der Waals surface area contributed by atoms with Crippen molar-refractivity contribution in [3.63, 3.8) is 0 Å². The van der Waals surface area contributed by atoms with Crippen molar-refractivity contribution in [3.8, 4) is 0 Å². The summed E-state index contributed by atoms with van der Waals surface area (Å²) in [5, 5.41) is 5.61. The summed E-state index contributed by atoms with van der Waals surface area (Å²) in [4.78, 5) is 12.3. The second kappa shape index (κ2) is 7.87. The first kappa shape index (κ1) is 17.7. The summed E-state index contributed by atoms with van der Waals surface area (Å²) in [6.07, 6.45) is 5.43. The fourth-order valence-electron chi connectivity index (χ4n) is 3.32. The molecule has 1 aliphatic rings. The van der Waals surface area contributed by atoms with Gasteiger partial charge in [0.1, 0.15) is 5.82 Å². The zero-order valence-electron chi connectivity index (χ0n) is 14.2. The lowest BCUT2D eigenvalue weighted by molar-refractivity contribution is 0.248. The Hall–Kier alpha value is -2.07. The number of nitrogens with one attached hydrogen (secondary N) is 2. The van der Waals surface area contributed by atoms with Crippen molar-refractivity contribution in [2.75, 3.05) is 5.32 Å². The molecule has 0 heterocycles. The maximum absolute atomic E-state index is 13.8. The maximum Gasteiger partial charge on any atom is 0.319 e. The average molecular weight is 361 g/mol. The van der Waals surface area contributed by atoms with E-state index in [1.807, 2.05) is 6.92 Å². The molecule has 3 rings (SSSR count). The summed E-state index contributed by atoms with van der Waals surface area (Å²) in [6, 6.07) is 10.2. The Labute approximate surface area is 152 Å². The Morgan fingerprint density at radius 3 is 2.68 bits per heavy atom. The van der Waals surface area contributed by atoms with E-state index in [0.717, 1.165) is 24.8 Å². The van der Waals surface area contributed by atoms with E-state index in [0.29, 0.717) is 0 Å². The summed E-state index contributed by atoms with van der Waals surface area (Å²) < 4.78 is 13.8. The first-order chi connectivity index (χ1) is 12.1. The van der Waals surface area contributed by atoms with Gasteiger partial charge in [-0.15, -0.1) is 0 Å². The molecular formula is C20H22ClFN2O. The Balaban J connectivity index is 1.72. The number of fused-ring (bicyclic) bond motifs is 1. The molecule has 2 N–H and O–H groups in total. The van der Waals surface area contributed by atoms with Gasteiger partial charge in [0.05, 0.1) is 16.8 Å². The number of carbonyl (C=O) groups excluding carboxylic acids is 1. The lowest BCUT2D eigenvalue weighted by atomic mass is 9.89. The van der Waals surface area contributed by atoms with E-state index in [2.05, 4.69) is 28.8 Å². The molecule has 0 saturated heterocycles. The lowest BCUT2D eigenvalue weighted by Gasteiger charge is -2.22. The normalized spacial score (nSPS) is 14.5. The minimum Gasteiger partial charge on any atom is -0.331 e. The van der Waals surface area contributed by atoms with Gasteiger partial charge in [-0.2, -0.15) is 0 Å². The molecule has 1 unspecified atom stereocenters. The van der Waals surface area contributed by atoms with E-state index in [1.54, 1.807) is 6.07 Å². The van der Waals surface area contributed by atoms with Crippen LogP contribution in [0.3, 0.4) is 0 Å². The lowest BCUT2D eigenvalue weighted by Crippen LogP contribution is -2.32. The van der Waals surface area contributed by atoms with Crippen molar-refractivity contribution in [2.45, 2.75) is 45.1 Å². The highest BCUT2D eigenvalue weighted by atomic mass is 35.5. The summed E-state index contributed by atoms with van der Waals surface area (Å²) in [6.45, 7) is 2.01. The Morgan fingerprint density at radius 1 is 1.20 bits per heavy atom. The highest BCUT2D eigenvalue weighted by Gasteiger charge is 2.17. The number of aryl methyl sites for hydroxylation is 2. The van der Waals surface area contributed by atoms with Gasteiger partial charge in [0.2, 0.25) is 0 Å². The van der Waals surface area contributed by atoms with Crippen molar-refractivity contribution < 1.29 is 9.18 Å². The molecule has 1 atom stereocenters. The SMILES string of the molecule is CCC(NC(=O)Nc1c(F)cccc1Cl)c1ccc2c(c1)CCCC2. The molecule has 0 aromatic heterocycles. The number of hydrogen-bond acceptors (Lipinski definition) is 1. The third-order valence-corrected chi connectivity index (χ3v) is 5.00. The molecule has 2 aromatic carbocycles. The maximum atomic E-state index is 13.8. The van der Waals surface area contributed by atoms with Gasteiger partial charge in [0.25, 0.3) is 0 Å². The van der Waals surface area contributed by atoms with Gasteiger partial charge >= 0.3 is 6.03 Å². The molecule has 25 heavy (non-hydrogen) atoms. The topological polar surface area (TPSA) is 41.1 Å². The third kappa shape index (κ3) is 4.13. The number of anilines is 1. The number of carbonyl (C=O) groups is 1. The van der Waals surface area contributed by atoms with Crippen LogP contribution in [0.15, 0.2) is 36.4 Å². The number of halogens is 2. The molecule has 0 aliphatic heterocycles. The molecular weight excluding hydrogens is 339 g/mol. The predicted octanol–water partition coefficient (Wildman–Crippen LogP) is 5.63. The van der Waals surface area contributed by atoms with Crippen LogP contribution in [0.4, 0.5) is 14.9 Å². The Bertz CT molecular complexity index is 758. The van der Waals surface area contributed by atoms with Gasteiger partial charge in [0, 0.05) is 0 Å². The van der Waals surface area contributed by atoms with Crippen LogP contribution in [-0.2, 0) is 12.8 Å². The second-order valence-electron chi connectivity index (χ2n) is 6.39. The number of rotatable bonds is 4. The van der Waals surface area contributed by atoms with E-state index in [-0.39, 0.29) is 16.8 Å². The average Bonchev–Trinajstić information content (AvgIpc) is 2.62. The Kier molecular flexibility index (Phi) is 5.59. The molecule has 2 amide bonds. The molecule has 0 fully saturated rings. The van der Waals surface area contributed by atoms with Crippen molar-refractivity contribution >= 4 is 23.3 Å². The molecule has 1 aliphatic carbocycles. The first-order valence-electron chi connectivity index (χ1n) is 8.71. The molecule has 5 heteroatoms. The first-order valence-corrected chi connectivity index (χ1v) is 9.09. The number of amides is 2. The number of urea groups is 1. The van der Waals surface area contributed by atoms with Crippen LogP contribution in [0, 0.1) is 5.82 Å². The zero-order chi connectivity index (χ0) is 17.8. The zero-order valence-corrected chi connectivity index (χ0v) is 15.0. The third-order valence-electron chi connectivity index (χ3n) is 4.69. The summed E-state index contributed by atoms with van der Waals surface area (Å²) in [5.41, 5.74) is 3.87. The molecule has 0 bridgehead atoms. The fourth-order valence-corrected chi connectivity index (χ4v) is 3.53. The molecule has 2 aromatic rings. The highest BCUT2D eigenvalue weighted by molar-refractivity contribution is 6.33. The van der Waals surface area contributed by atoms with Gasteiger partial charge in [-0.1, -0.05) is 42.8 Å². The minimum absolute atomic E-state index is 0.00182. The minimum atomic E-state index is -0.551. The van der Waals surface area contributed by atoms with Crippen LogP contribution in [0.25, 0.3) is 0 Å². The van der Waals surface area contributed by atoms with Gasteiger partial charge < -0.3 is 10.6 Å². The van der Waals surface area contributed by atoms with Crippen molar-refractivity contribution in [1.82, 2.24) is 5.32 Å². The quantitative estimate of drug-likeness (QED) is 0.728. The van der Waals surface area contributed by atoms with E-state index >= 15 is 0 Å². The van der Waals surface area contributed by atoms with Gasteiger partial charge in [0.15, 0.2) is 0 Å². The number of hydrogen-bond donors (Lipinski definition) is 2. The van der Waals surface area contributed by atoms with Crippen LogP contribution in [0.1, 0.15) is 48.9 Å². The monoisotopic (exact) mass is 360 g/mol. The van der Waals surface area contributed by atoms with Crippen LogP contribution in [0.2, 0.25) is 5.02 Å². The van der Waals surface area contributed by atoms with E-state index in [9.17, 15) is 9.18 Å². The molecule has 3 nitrogen and oxygen atoms in total. The molecule has 0 spiro atoms. The van der Waals surface area contributed by atoms with E-state index in [1.165, 1.54) is 36.1 Å². The number of para-hydroxylation sites is 1. The van der Waals surface area contributed by atoms with Gasteiger partial charge in [-0.25, -0.2) is 9.18 Å². The highest BCUT2D eigenvalue weighted by Crippen LogP contribution is 2.27.